The highest BCUT2D eigenvalue weighted by Crippen LogP contribution is 2.34. The number of hydrogen-bond acceptors (Lipinski definition) is 11. The zero-order chi connectivity index (χ0) is 39.8. The van der Waals surface area contributed by atoms with Crippen molar-refractivity contribution in [3.63, 3.8) is 0 Å². The van der Waals surface area contributed by atoms with Crippen molar-refractivity contribution in [3.05, 3.63) is 152 Å². The number of carbonyl (C=O) groups is 4. The number of rotatable bonds is 8. The van der Waals surface area contributed by atoms with E-state index in [4.69, 9.17) is 14.6 Å². The van der Waals surface area contributed by atoms with Gasteiger partial charge in [-0.2, -0.15) is 10.5 Å². The Morgan fingerprint density at radius 1 is 0.782 bits per heavy atom. The van der Waals surface area contributed by atoms with Crippen LogP contribution in [0.15, 0.2) is 112 Å². The number of carboxylic acids is 1. The van der Waals surface area contributed by atoms with E-state index in [1.54, 1.807) is 72.8 Å². The Balaban J connectivity index is 0.000000211. The van der Waals surface area contributed by atoms with Gasteiger partial charge in [0.05, 0.1) is 29.6 Å². The second-order valence-electron chi connectivity index (χ2n) is 10.8. The lowest BCUT2D eigenvalue weighted by Gasteiger charge is -2.18. The number of benzene rings is 4. The summed E-state index contributed by atoms with van der Waals surface area (Å²) in [4.78, 5) is 73.6. The van der Waals surface area contributed by atoms with Gasteiger partial charge in [-0.25, -0.2) is 32.6 Å². The zero-order valence-electron chi connectivity index (χ0n) is 27.9. The SMILES string of the molecule is COC(=O)NC1=CC(=O)N(c2cc(Oc3ccccc3)c(C#N)cc2F)C1=O.N#Cc1cc(F)c(-n2c(=O)cc(C(=O)O)[nH]c2=O)cc1Oc1ccccc1. The highest BCUT2D eigenvalue weighted by Gasteiger charge is 2.36. The van der Waals surface area contributed by atoms with E-state index in [9.17, 15) is 48.1 Å². The predicted molar refractivity (Wildman–Crippen MR) is 185 cm³/mol. The molecule has 0 atom stereocenters. The maximum Gasteiger partial charge on any atom is 0.411 e. The Hall–Kier alpha value is -8.38. The van der Waals surface area contributed by atoms with Crippen LogP contribution in [0.1, 0.15) is 21.6 Å². The minimum absolute atomic E-state index is 0.0416. The molecule has 3 N–H and O–H groups in total. The number of methoxy groups -OCH3 is 1. The Morgan fingerprint density at radius 3 is 1.76 bits per heavy atom. The lowest BCUT2D eigenvalue weighted by atomic mass is 10.1. The molecule has 6 rings (SSSR count). The quantitative estimate of drug-likeness (QED) is 0.184. The minimum Gasteiger partial charge on any atom is -0.477 e. The van der Waals surface area contributed by atoms with Gasteiger partial charge in [0.15, 0.2) is 0 Å². The van der Waals surface area contributed by atoms with Crippen molar-refractivity contribution >= 4 is 29.6 Å². The van der Waals surface area contributed by atoms with Crippen LogP contribution in [0.4, 0.5) is 19.3 Å². The molecule has 0 saturated carbocycles. The monoisotopic (exact) mass is 748 g/mol. The summed E-state index contributed by atoms with van der Waals surface area (Å²) in [5, 5.41) is 29.4. The number of amides is 3. The maximum absolute atomic E-state index is 14.5. The molecule has 0 saturated heterocycles. The van der Waals surface area contributed by atoms with Gasteiger partial charge < -0.3 is 24.3 Å². The van der Waals surface area contributed by atoms with Gasteiger partial charge in [-0.15, -0.1) is 0 Å². The molecule has 18 heteroatoms. The van der Waals surface area contributed by atoms with E-state index in [2.05, 4.69) is 10.1 Å². The first-order chi connectivity index (χ1) is 26.3. The molecule has 1 aliphatic rings. The molecule has 0 aliphatic carbocycles. The number of H-pyrrole nitrogens is 1. The number of aromatic nitrogens is 2. The van der Waals surface area contributed by atoms with Crippen molar-refractivity contribution in [2.45, 2.75) is 0 Å². The molecule has 5 aromatic rings. The van der Waals surface area contributed by atoms with Crippen LogP contribution in [0.5, 0.6) is 23.0 Å². The van der Waals surface area contributed by atoms with E-state index in [-0.39, 0.29) is 28.3 Å². The summed E-state index contributed by atoms with van der Waals surface area (Å²) < 4.78 is 44.9. The fourth-order valence-electron chi connectivity index (χ4n) is 4.79. The van der Waals surface area contributed by atoms with Crippen LogP contribution >= 0.6 is 0 Å². The van der Waals surface area contributed by atoms with E-state index < -0.39 is 63.8 Å². The largest absolute Gasteiger partial charge is 0.477 e. The van der Waals surface area contributed by atoms with Crippen LogP contribution in [0.25, 0.3) is 5.69 Å². The maximum atomic E-state index is 14.5. The average molecular weight is 749 g/mol. The number of aromatic amines is 1. The zero-order valence-corrected chi connectivity index (χ0v) is 27.9. The molecule has 2 heterocycles. The number of ether oxygens (including phenoxy) is 3. The topological polar surface area (TPSA) is 234 Å². The van der Waals surface area contributed by atoms with Crippen LogP contribution < -0.4 is 30.9 Å². The van der Waals surface area contributed by atoms with Gasteiger partial charge in [0, 0.05) is 24.3 Å². The molecule has 274 valence electrons. The lowest BCUT2D eigenvalue weighted by Crippen LogP contribution is -2.35. The third kappa shape index (κ3) is 8.41. The second kappa shape index (κ2) is 16.3. The average Bonchev–Trinajstić information content (AvgIpc) is 3.44. The van der Waals surface area contributed by atoms with Crippen molar-refractivity contribution in [1.82, 2.24) is 14.9 Å². The Labute approximate surface area is 306 Å². The van der Waals surface area contributed by atoms with Gasteiger partial charge in [0.1, 0.15) is 58.2 Å². The normalized spacial score (nSPS) is 11.7. The number of alkyl carbamates (subject to hydrolysis) is 1. The molecular formula is C37H22F2N6O10. The second-order valence-corrected chi connectivity index (χ2v) is 10.8. The van der Waals surface area contributed by atoms with Gasteiger partial charge in [0.25, 0.3) is 17.4 Å². The summed E-state index contributed by atoms with van der Waals surface area (Å²) >= 11 is 0. The Morgan fingerprint density at radius 2 is 1.29 bits per heavy atom. The van der Waals surface area contributed by atoms with E-state index in [1.165, 1.54) is 0 Å². The van der Waals surface area contributed by atoms with Gasteiger partial charge >= 0.3 is 17.8 Å². The molecule has 16 nitrogen and oxygen atoms in total. The molecule has 1 aromatic heterocycles. The molecule has 4 aromatic carbocycles. The lowest BCUT2D eigenvalue weighted by molar-refractivity contribution is -0.120. The minimum atomic E-state index is -1.51. The molecule has 0 radical (unpaired) electrons. The Kier molecular flexibility index (Phi) is 11.2. The fourth-order valence-corrected chi connectivity index (χ4v) is 4.79. The van der Waals surface area contributed by atoms with E-state index >= 15 is 0 Å². The number of nitrogens with one attached hydrogen (secondary N) is 2. The first kappa shape index (κ1) is 37.9. The molecular weight excluding hydrogens is 726 g/mol. The first-order valence-electron chi connectivity index (χ1n) is 15.3. The van der Waals surface area contributed by atoms with Crippen molar-refractivity contribution in [2.24, 2.45) is 0 Å². The van der Waals surface area contributed by atoms with Crippen molar-refractivity contribution < 1.29 is 47.3 Å². The highest BCUT2D eigenvalue weighted by molar-refractivity contribution is 6.31. The number of imide groups is 1. The van der Waals surface area contributed by atoms with Crippen molar-refractivity contribution in [2.75, 3.05) is 12.0 Å². The molecule has 0 unspecified atom stereocenters. The summed E-state index contributed by atoms with van der Waals surface area (Å²) in [6, 6.07) is 24.7. The van der Waals surface area contributed by atoms with Gasteiger partial charge in [-0.1, -0.05) is 36.4 Å². The number of nitrogens with zero attached hydrogens (tertiary/aromatic N) is 4. The molecule has 0 bridgehead atoms. The summed E-state index contributed by atoms with van der Waals surface area (Å²) in [7, 11) is 1.09. The number of anilines is 1. The molecule has 3 amide bonds. The number of aromatic carboxylic acids is 1. The number of carbonyl (C=O) groups excluding carboxylic acids is 3. The summed E-state index contributed by atoms with van der Waals surface area (Å²) in [5.74, 6) is -4.72. The fraction of sp³-hybridized carbons (Fsp3) is 0.0270. The van der Waals surface area contributed by atoms with E-state index in [0.717, 1.165) is 37.5 Å². The van der Waals surface area contributed by atoms with Crippen LogP contribution in [0, 0.1) is 34.3 Å². The number of halogens is 2. The third-order valence-electron chi connectivity index (χ3n) is 7.27. The van der Waals surface area contributed by atoms with E-state index in [0.29, 0.717) is 27.0 Å². The number of carboxylic acid groups (broad SMARTS) is 1. The summed E-state index contributed by atoms with van der Waals surface area (Å²) in [6.07, 6.45) is -0.114. The molecule has 1 aliphatic heterocycles. The highest BCUT2D eigenvalue weighted by atomic mass is 19.1. The summed E-state index contributed by atoms with van der Waals surface area (Å²) in [6.45, 7) is 0. The molecule has 0 fully saturated rings. The van der Waals surface area contributed by atoms with Crippen LogP contribution in [0.3, 0.4) is 0 Å². The van der Waals surface area contributed by atoms with E-state index in [1.807, 2.05) is 4.98 Å². The number of hydrogen-bond donors (Lipinski definition) is 3. The van der Waals surface area contributed by atoms with Crippen molar-refractivity contribution in [3.8, 4) is 40.8 Å². The third-order valence-corrected chi connectivity index (χ3v) is 7.27. The molecule has 55 heavy (non-hydrogen) atoms. The van der Waals surface area contributed by atoms with Gasteiger partial charge in [-0.05, 0) is 36.4 Å². The Bertz CT molecular complexity index is 2560. The summed E-state index contributed by atoms with van der Waals surface area (Å²) in [5.41, 5.74) is -4.36. The first-order valence-corrected chi connectivity index (χ1v) is 15.3. The standard InChI is InChI=1S/C19H12FN3O5.C18H10FN3O5/c1-27-19(26)22-14-8-17(24)23(18(14)25)15-9-16(11(10-21)7-13(15)20)28-12-5-3-2-4-6-12;19-12-6-10(9-20)15(27-11-4-2-1-3-5-11)8-14(12)22-16(23)7-13(17(24)25)21-18(22)26/h2-9H,1H3,(H,22,26);1-8H,(H,21,26)(H,24,25). The number of nitriles is 2. The van der Waals surface area contributed by atoms with Crippen molar-refractivity contribution in [1.29, 1.82) is 10.5 Å². The predicted octanol–water partition coefficient (Wildman–Crippen LogP) is 4.63. The number of para-hydroxylation sites is 2. The van der Waals surface area contributed by atoms with Crippen LogP contribution in [-0.4, -0.2) is 45.6 Å². The van der Waals surface area contributed by atoms with Crippen LogP contribution in [-0.2, 0) is 14.3 Å². The smallest absolute Gasteiger partial charge is 0.411 e. The van der Waals surface area contributed by atoms with Gasteiger partial charge in [-0.3, -0.25) is 19.7 Å². The molecule has 0 spiro atoms. The van der Waals surface area contributed by atoms with Crippen LogP contribution in [0.2, 0.25) is 0 Å². The van der Waals surface area contributed by atoms with Gasteiger partial charge in [0.2, 0.25) is 0 Å².